The molecule has 1 unspecified atom stereocenters. The highest BCUT2D eigenvalue weighted by atomic mass is 16.5. The molecule has 30 heavy (non-hydrogen) atoms. The standard InChI is InChI=1S/C26H53NO3/c1-3-5-7-11-18-25(17-6-4-2)19-16-20-26(29)30-24-15-9-8-12-21-27-22-13-10-14-23-28/h25,27-28H,3-24H2,1-2H3. The van der Waals surface area contributed by atoms with E-state index in [1.807, 2.05) is 0 Å². The van der Waals surface area contributed by atoms with Crippen molar-refractivity contribution in [3.05, 3.63) is 0 Å². The van der Waals surface area contributed by atoms with Crippen LogP contribution in [-0.4, -0.2) is 37.4 Å². The molecule has 0 radical (unpaired) electrons. The SMILES string of the molecule is CCCCCCC(CCCC)CCCC(=O)OCCCCCCNCCCCCO. The number of aliphatic hydroxyl groups is 1. The molecule has 0 aromatic carbocycles. The van der Waals surface area contributed by atoms with Gasteiger partial charge in [-0.2, -0.15) is 0 Å². The van der Waals surface area contributed by atoms with Crippen LogP contribution < -0.4 is 5.32 Å². The lowest BCUT2D eigenvalue weighted by molar-refractivity contribution is -0.143. The maximum atomic E-state index is 12.0. The van der Waals surface area contributed by atoms with Crippen LogP contribution in [0.5, 0.6) is 0 Å². The maximum absolute atomic E-state index is 12.0. The summed E-state index contributed by atoms with van der Waals surface area (Å²) in [6.07, 6.45) is 21.1. The molecule has 0 rings (SSSR count). The molecule has 0 aliphatic heterocycles. The molecule has 4 heteroatoms. The van der Waals surface area contributed by atoms with Gasteiger partial charge in [-0.1, -0.05) is 78.1 Å². The number of ether oxygens (including phenoxy) is 1. The number of nitrogens with one attached hydrogen (secondary N) is 1. The van der Waals surface area contributed by atoms with Crippen molar-refractivity contribution in [1.82, 2.24) is 5.32 Å². The van der Waals surface area contributed by atoms with Crippen LogP contribution >= 0.6 is 0 Å². The van der Waals surface area contributed by atoms with E-state index in [0.29, 0.717) is 19.6 Å². The highest BCUT2D eigenvalue weighted by Gasteiger charge is 2.10. The van der Waals surface area contributed by atoms with Crippen molar-refractivity contribution in [2.24, 2.45) is 5.92 Å². The van der Waals surface area contributed by atoms with Gasteiger partial charge in [-0.3, -0.25) is 4.79 Å². The van der Waals surface area contributed by atoms with Crippen molar-refractivity contribution in [3.63, 3.8) is 0 Å². The third-order valence-electron chi connectivity index (χ3n) is 5.95. The largest absolute Gasteiger partial charge is 0.466 e. The average molecular weight is 428 g/mol. The summed E-state index contributed by atoms with van der Waals surface area (Å²) >= 11 is 0. The zero-order chi connectivity index (χ0) is 22.1. The Bertz CT molecular complexity index is 349. The molecule has 0 saturated carbocycles. The smallest absolute Gasteiger partial charge is 0.305 e. The van der Waals surface area contributed by atoms with E-state index in [2.05, 4.69) is 19.2 Å². The first-order chi connectivity index (χ1) is 14.7. The fourth-order valence-electron chi connectivity index (χ4n) is 3.95. The first-order valence-corrected chi connectivity index (χ1v) is 13.2. The van der Waals surface area contributed by atoms with Gasteiger partial charge in [0.1, 0.15) is 0 Å². The number of esters is 1. The van der Waals surface area contributed by atoms with Crippen LogP contribution in [0.15, 0.2) is 0 Å². The summed E-state index contributed by atoms with van der Waals surface area (Å²) in [5.41, 5.74) is 0. The lowest BCUT2D eigenvalue weighted by Gasteiger charge is -2.16. The summed E-state index contributed by atoms with van der Waals surface area (Å²) in [4.78, 5) is 12.0. The molecule has 2 N–H and O–H groups in total. The number of aliphatic hydroxyl groups excluding tert-OH is 1. The summed E-state index contributed by atoms with van der Waals surface area (Å²) in [6.45, 7) is 7.55. The lowest BCUT2D eigenvalue weighted by atomic mass is 9.90. The van der Waals surface area contributed by atoms with Gasteiger partial charge in [0.15, 0.2) is 0 Å². The second-order valence-corrected chi connectivity index (χ2v) is 8.92. The van der Waals surface area contributed by atoms with Crippen molar-refractivity contribution < 1.29 is 14.6 Å². The summed E-state index contributed by atoms with van der Waals surface area (Å²) < 4.78 is 5.43. The highest BCUT2D eigenvalue weighted by Crippen LogP contribution is 2.23. The molecule has 4 nitrogen and oxygen atoms in total. The van der Waals surface area contributed by atoms with Gasteiger partial charge in [0.05, 0.1) is 6.61 Å². The van der Waals surface area contributed by atoms with Gasteiger partial charge in [0, 0.05) is 13.0 Å². The van der Waals surface area contributed by atoms with Gasteiger partial charge in [0.2, 0.25) is 0 Å². The highest BCUT2D eigenvalue weighted by molar-refractivity contribution is 5.69. The second-order valence-electron chi connectivity index (χ2n) is 8.92. The zero-order valence-corrected chi connectivity index (χ0v) is 20.4. The summed E-state index contributed by atoms with van der Waals surface area (Å²) in [6, 6.07) is 0. The number of rotatable bonds is 24. The summed E-state index contributed by atoms with van der Waals surface area (Å²) in [5, 5.41) is 12.2. The molecule has 0 heterocycles. The van der Waals surface area contributed by atoms with Crippen LogP contribution in [0.1, 0.15) is 129 Å². The van der Waals surface area contributed by atoms with E-state index >= 15 is 0 Å². The van der Waals surface area contributed by atoms with Crippen LogP contribution in [0.25, 0.3) is 0 Å². The van der Waals surface area contributed by atoms with E-state index in [1.165, 1.54) is 70.6 Å². The van der Waals surface area contributed by atoms with Crippen molar-refractivity contribution in [2.45, 2.75) is 129 Å². The zero-order valence-electron chi connectivity index (χ0n) is 20.4. The monoisotopic (exact) mass is 427 g/mol. The minimum Gasteiger partial charge on any atom is -0.466 e. The maximum Gasteiger partial charge on any atom is 0.305 e. The van der Waals surface area contributed by atoms with Gasteiger partial charge < -0.3 is 15.2 Å². The van der Waals surface area contributed by atoms with Crippen LogP contribution in [0.4, 0.5) is 0 Å². The predicted molar refractivity (Wildman–Crippen MR) is 129 cm³/mol. The Hall–Kier alpha value is -0.610. The van der Waals surface area contributed by atoms with Crippen molar-refractivity contribution in [2.75, 3.05) is 26.3 Å². The Morgan fingerprint density at radius 2 is 1.33 bits per heavy atom. The molecule has 0 aliphatic carbocycles. The van der Waals surface area contributed by atoms with E-state index in [4.69, 9.17) is 9.84 Å². The molecule has 180 valence electrons. The topological polar surface area (TPSA) is 58.6 Å². The van der Waals surface area contributed by atoms with E-state index < -0.39 is 0 Å². The Morgan fingerprint density at radius 1 is 0.733 bits per heavy atom. The molecule has 0 aromatic heterocycles. The molecular formula is C26H53NO3. The first kappa shape index (κ1) is 29.4. The molecule has 0 fully saturated rings. The van der Waals surface area contributed by atoms with Gasteiger partial charge in [-0.25, -0.2) is 0 Å². The Balaban J connectivity index is 3.53. The van der Waals surface area contributed by atoms with Gasteiger partial charge in [-0.05, 0) is 64.0 Å². The second kappa shape index (κ2) is 24.7. The molecular weight excluding hydrogens is 374 g/mol. The van der Waals surface area contributed by atoms with Crippen molar-refractivity contribution in [3.8, 4) is 0 Å². The lowest BCUT2D eigenvalue weighted by Crippen LogP contribution is -2.16. The number of hydrogen-bond donors (Lipinski definition) is 2. The molecule has 0 bridgehead atoms. The Kier molecular flexibility index (Phi) is 24.2. The van der Waals surface area contributed by atoms with E-state index in [1.54, 1.807) is 0 Å². The Labute approximate surface area is 187 Å². The average Bonchev–Trinajstić information content (AvgIpc) is 2.75. The van der Waals surface area contributed by atoms with Crippen LogP contribution in [0, 0.1) is 5.92 Å². The van der Waals surface area contributed by atoms with E-state index in [0.717, 1.165) is 57.5 Å². The number of carbonyl (C=O) groups is 1. The summed E-state index contributed by atoms with van der Waals surface area (Å²) in [7, 11) is 0. The van der Waals surface area contributed by atoms with Crippen LogP contribution in [0.2, 0.25) is 0 Å². The third kappa shape index (κ3) is 22.1. The molecule has 0 spiro atoms. The summed E-state index contributed by atoms with van der Waals surface area (Å²) in [5.74, 6) is 0.803. The molecule has 0 aromatic rings. The van der Waals surface area contributed by atoms with E-state index in [-0.39, 0.29) is 5.97 Å². The predicted octanol–water partition coefficient (Wildman–Crippen LogP) is 6.79. The third-order valence-corrected chi connectivity index (χ3v) is 5.95. The van der Waals surface area contributed by atoms with Gasteiger partial charge >= 0.3 is 5.97 Å². The van der Waals surface area contributed by atoms with Gasteiger partial charge in [0.25, 0.3) is 0 Å². The Morgan fingerprint density at radius 3 is 2.03 bits per heavy atom. The normalized spacial score (nSPS) is 12.2. The molecule has 0 saturated heterocycles. The quantitative estimate of drug-likeness (QED) is 0.131. The van der Waals surface area contributed by atoms with Crippen LogP contribution in [-0.2, 0) is 9.53 Å². The van der Waals surface area contributed by atoms with Gasteiger partial charge in [-0.15, -0.1) is 0 Å². The molecule has 0 aliphatic rings. The molecule has 0 amide bonds. The number of carbonyl (C=O) groups excluding carboxylic acids is 1. The van der Waals surface area contributed by atoms with Crippen molar-refractivity contribution >= 4 is 5.97 Å². The minimum atomic E-state index is -0.000213. The fourth-order valence-corrected chi connectivity index (χ4v) is 3.95. The van der Waals surface area contributed by atoms with Crippen molar-refractivity contribution in [1.29, 1.82) is 0 Å². The minimum absolute atomic E-state index is 0.000213. The fraction of sp³-hybridized carbons (Fsp3) is 0.962. The first-order valence-electron chi connectivity index (χ1n) is 13.2. The van der Waals surface area contributed by atoms with Crippen LogP contribution in [0.3, 0.4) is 0 Å². The number of hydrogen-bond acceptors (Lipinski definition) is 4. The number of unbranched alkanes of at least 4 members (excludes halogenated alkanes) is 9. The van der Waals surface area contributed by atoms with E-state index in [9.17, 15) is 4.79 Å². The molecule has 1 atom stereocenters.